The number of aryl methyl sites for hydroxylation is 1. The van der Waals surface area contributed by atoms with Gasteiger partial charge in [-0.05, 0) is 13.8 Å². The van der Waals surface area contributed by atoms with E-state index in [9.17, 15) is 4.79 Å². The summed E-state index contributed by atoms with van der Waals surface area (Å²) < 4.78 is 1.68. The molecule has 0 aliphatic heterocycles. The number of anilines is 1. The van der Waals surface area contributed by atoms with Crippen LogP contribution < -0.4 is 4.90 Å². The van der Waals surface area contributed by atoms with E-state index in [-0.39, 0.29) is 12.5 Å². The molecule has 0 radical (unpaired) electrons. The summed E-state index contributed by atoms with van der Waals surface area (Å²) in [7, 11) is 1.82. The van der Waals surface area contributed by atoms with E-state index in [0.717, 1.165) is 16.9 Å². The van der Waals surface area contributed by atoms with Gasteiger partial charge in [-0.2, -0.15) is 5.10 Å². The van der Waals surface area contributed by atoms with Crippen LogP contribution in [0.4, 0.5) is 5.82 Å². The van der Waals surface area contributed by atoms with Gasteiger partial charge in [0.1, 0.15) is 12.1 Å². The fourth-order valence-electron chi connectivity index (χ4n) is 2.00. The van der Waals surface area contributed by atoms with Gasteiger partial charge in [0.25, 0.3) is 0 Å². The van der Waals surface area contributed by atoms with Gasteiger partial charge in [-0.25, -0.2) is 9.97 Å². The van der Waals surface area contributed by atoms with Crippen molar-refractivity contribution in [3.05, 3.63) is 12.5 Å². The Morgan fingerprint density at radius 3 is 2.84 bits per heavy atom. The van der Waals surface area contributed by atoms with Crippen molar-refractivity contribution in [2.45, 2.75) is 26.3 Å². The van der Waals surface area contributed by atoms with E-state index in [0.29, 0.717) is 6.54 Å². The molecule has 0 atom stereocenters. The molecule has 102 valence electrons. The highest BCUT2D eigenvalue weighted by atomic mass is 16.4. The van der Waals surface area contributed by atoms with Gasteiger partial charge in [-0.15, -0.1) is 0 Å². The molecule has 2 aromatic rings. The van der Waals surface area contributed by atoms with Crippen molar-refractivity contribution in [2.75, 3.05) is 11.4 Å². The van der Waals surface area contributed by atoms with Gasteiger partial charge in [0, 0.05) is 19.6 Å². The van der Waals surface area contributed by atoms with Crippen molar-refractivity contribution in [1.29, 1.82) is 0 Å². The molecule has 2 heterocycles. The molecule has 7 heteroatoms. The molecule has 0 saturated carbocycles. The van der Waals surface area contributed by atoms with E-state index in [1.807, 2.05) is 25.8 Å². The predicted molar refractivity (Wildman–Crippen MR) is 71.0 cm³/mol. The number of carbonyl (C=O) groups is 1. The standard InChI is InChI=1S/C12H17N5O2/c1-8(2)17(5-4-10(18)19)12-9-6-15-16(3)11(9)13-7-14-12/h6-8H,4-5H2,1-3H3,(H,18,19). The number of carboxylic acids is 1. The maximum absolute atomic E-state index is 10.7. The Labute approximate surface area is 110 Å². The Morgan fingerprint density at radius 2 is 2.21 bits per heavy atom. The average Bonchev–Trinajstić information content (AvgIpc) is 2.72. The van der Waals surface area contributed by atoms with E-state index in [4.69, 9.17) is 5.11 Å². The van der Waals surface area contributed by atoms with Crippen LogP contribution >= 0.6 is 0 Å². The Kier molecular flexibility index (Phi) is 3.64. The highest BCUT2D eigenvalue weighted by Crippen LogP contribution is 2.23. The van der Waals surface area contributed by atoms with Gasteiger partial charge < -0.3 is 10.0 Å². The molecular weight excluding hydrogens is 246 g/mol. The summed E-state index contributed by atoms with van der Waals surface area (Å²) in [5.74, 6) is -0.0866. The van der Waals surface area contributed by atoms with Crippen molar-refractivity contribution in [1.82, 2.24) is 19.7 Å². The topological polar surface area (TPSA) is 84.1 Å². The molecule has 1 N–H and O–H groups in total. The first-order valence-electron chi connectivity index (χ1n) is 6.12. The maximum atomic E-state index is 10.7. The summed E-state index contributed by atoms with van der Waals surface area (Å²) in [6.45, 7) is 4.42. The predicted octanol–water partition coefficient (Wildman–Crippen LogP) is 1.05. The van der Waals surface area contributed by atoms with E-state index < -0.39 is 5.97 Å². The van der Waals surface area contributed by atoms with Gasteiger partial charge in [0.15, 0.2) is 5.65 Å². The van der Waals surface area contributed by atoms with E-state index in [2.05, 4.69) is 15.1 Å². The Hall–Kier alpha value is -2.18. The minimum Gasteiger partial charge on any atom is -0.481 e. The van der Waals surface area contributed by atoms with Gasteiger partial charge in [0.2, 0.25) is 0 Å². The molecular formula is C12H17N5O2. The summed E-state index contributed by atoms with van der Waals surface area (Å²) in [5, 5.41) is 13.8. The van der Waals surface area contributed by atoms with Gasteiger partial charge in [0.05, 0.1) is 18.0 Å². The zero-order valence-electron chi connectivity index (χ0n) is 11.2. The number of fused-ring (bicyclic) bond motifs is 1. The van der Waals surface area contributed by atoms with E-state index in [1.165, 1.54) is 6.33 Å². The summed E-state index contributed by atoms with van der Waals surface area (Å²) in [5.41, 5.74) is 0.742. The molecule has 0 aliphatic rings. The molecule has 0 fully saturated rings. The van der Waals surface area contributed by atoms with Crippen molar-refractivity contribution >= 4 is 22.8 Å². The minimum atomic E-state index is -0.817. The van der Waals surface area contributed by atoms with Gasteiger partial charge in [-0.1, -0.05) is 0 Å². The largest absolute Gasteiger partial charge is 0.481 e. The fraction of sp³-hybridized carbons (Fsp3) is 0.500. The SMILES string of the molecule is CC(C)N(CCC(=O)O)c1ncnc2c1cnn2C. The number of hydrogen-bond donors (Lipinski definition) is 1. The number of nitrogens with zero attached hydrogens (tertiary/aromatic N) is 5. The van der Waals surface area contributed by atoms with Crippen LogP contribution in [0.5, 0.6) is 0 Å². The quantitative estimate of drug-likeness (QED) is 0.868. The second kappa shape index (κ2) is 5.21. The van der Waals surface area contributed by atoms with Crippen molar-refractivity contribution in [3.63, 3.8) is 0 Å². The second-order valence-electron chi connectivity index (χ2n) is 4.63. The first kappa shape index (κ1) is 13.3. The smallest absolute Gasteiger partial charge is 0.305 e. The lowest BCUT2D eigenvalue weighted by Crippen LogP contribution is -2.33. The van der Waals surface area contributed by atoms with Crippen LogP contribution in [0.1, 0.15) is 20.3 Å². The molecule has 19 heavy (non-hydrogen) atoms. The summed E-state index contributed by atoms with van der Waals surface area (Å²) in [4.78, 5) is 21.2. The first-order chi connectivity index (χ1) is 9.00. The molecule has 2 aromatic heterocycles. The molecule has 7 nitrogen and oxygen atoms in total. The Morgan fingerprint density at radius 1 is 1.47 bits per heavy atom. The highest BCUT2D eigenvalue weighted by molar-refractivity contribution is 5.86. The van der Waals surface area contributed by atoms with E-state index in [1.54, 1.807) is 10.9 Å². The molecule has 0 bridgehead atoms. The molecule has 0 unspecified atom stereocenters. The van der Waals surface area contributed by atoms with Crippen LogP contribution in [-0.4, -0.2) is 43.4 Å². The third-order valence-electron chi connectivity index (χ3n) is 2.97. The monoisotopic (exact) mass is 263 g/mol. The average molecular weight is 263 g/mol. The molecule has 0 spiro atoms. The molecule has 0 aliphatic carbocycles. The van der Waals surface area contributed by atoms with Crippen LogP contribution in [0.25, 0.3) is 11.0 Å². The number of carboxylic acid groups (broad SMARTS) is 1. The molecule has 0 amide bonds. The van der Waals surface area contributed by atoms with Crippen LogP contribution in [0, 0.1) is 0 Å². The minimum absolute atomic E-state index is 0.0734. The van der Waals surface area contributed by atoms with Crippen molar-refractivity contribution in [2.24, 2.45) is 7.05 Å². The molecule has 2 rings (SSSR count). The lowest BCUT2D eigenvalue weighted by Gasteiger charge is -2.27. The van der Waals surface area contributed by atoms with Crippen LogP contribution in [0.2, 0.25) is 0 Å². The summed E-state index contributed by atoms with van der Waals surface area (Å²) in [6, 6.07) is 0.151. The molecule has 0 aromatic carbocycles. The van der Waals surface area contributed by atoms with Gasteiger partial charge in [-0.3, -0.25) is 9.48 Å². The second-order valence-corrected chi connectivity index (χ2v) is 4.63. The third-order valence-corrected chi connectivity index (χ3v) is 2.97. The fourth-order valence-corrected chi connectivity index (χ4v) is 2.00. The van der Waals surface area contributed by atoms with Crippen LogP contribution in [0.3, 0.4) is 0 Å². The maximum Gasteiger partial charge on any atom is 0.305 e. The van der Waals surface area contributed by atoms with Gasteiger partial charge >= 0.3 is 5.97 Å². The van der Waals surface area contributed by atoms with Crippen LogP contribution in [-0.2, 0) is 11.8 Å². The number of aliphatic carboxylic acids is 1. The Bertz CT molecular complexity index is 593. The first-order valence-corrected chi connectivity index (χ1v) is 6.12. The summed E-state index contributed by atoms with van der Waals surface area (Å²) >= 11 is 0. The number of hydrogen-bond acceptors (Lipinski definition) is 5. The highest BCUT2D eigenvalue weighted by Gasteiger charge is 2.18. The Balaban J connectivity index is 2.41. The molecule has 0 saturated heterocycles. The third kappa shape index (κ3) is 2.64. The number of aromatic nitrogens is 4. The lowest BCUT2D eigenvalue weighted by atomic mass is 10.2. The van der Waals surface area contributed by atoms with E-state index >= 15 is 0 Å². The lowest BCUT2D eigenvalue weighted by molar-refractivity contribution is -0.136. The van der Waals surface area contributed by atoms with Crippen LogP contribution in [0.15, 0.2) is 12.5 Å². The van der Waals surface area contributed by atoms with Crippen molar-refractivity contribution < 1.29 is 9.90 Å². The number of rotatable bonds is 5. The normalized spacial score (nSPS) is 11.2. The van der Waals surface area contributed by atoms with Crippen molar-refractivity contribution in [3.8, 4) is 0 Å². The summed E-state index contributed by atoms with van der Waals surface area (Å²) in [6.07, 6.45) is 3.26. The zero-order valence-corrected chi connectivity index (χ0v) is 11.2. The zero-order chi connectivity index (χ0) is 14.0.